The maximum atomic E-state index is 2.50. The highest BCUT2D eigenvalue weighted by Crippen LogP contribution is 2.62. The molecule has 0 N–H and O–H groups in total. The van der Waals surface area contributed by atoms with Crippen molar-refractivity contribution in [2.75, 3.05) is 0 Å². The van der Waals surface area contributed by atoms with Crippen molar-refractivity contribution in [3.8, 4) is 111 Å². The first-order valence-corrected chi connectivity index (χ1v) is 29.8. The van der Waals surface area contributed by atoms with Crippen molar-refractivity contribution in [1.82, 2.24) is 0 Å². The van der Waals surface area contributed by atoms with Gasteiger partial charge in [0.2, 0.25) is 0 Å². The lowest BCUT2D eigenvalue weighted by atomic mass is 9.82. The Morgan fingerprint density at radius 2 is 0.333 bits per heavy atom. The molecule has 0 atom stereocenters. The van der Waals surface area contributed by atoms with Gasteiger partial charge in [-0.1, -0.05) is 252 Å². The predicted molar refractivity (Wildman–Crippen MR) is 361 cm³/mol. The van der Waals surface area contributed by atoms with Crippen LogP contribution in [-0.2, 0) is 0 Å². The highest BCUT2D eigenvalue weighted by molar-refractivity contribution is 6.45. The van der Waals surface area contributed by atoms with E-state index in [2.05, 4.69) is 272 Å². The van der Waals surface area contributed by atoms with Crippen molar-refractivity contribution < 1.29 is 0 Å². The Balaban J connectivity index is 0.909. The predicted octanol–water partition coefficient (Wildman–Crippen LogP) is 23.8. The fraction of sp³-hybridized carbons (Fsp3) is 0.0714. The third kappa shape index (κ3) is 6.49. The van der Waals surface area contributed by atoms with Gasteiger partial charge >= 0.3 is 0 Å². The third-order valence-corrected chi connectivity index (χ3v) is 19.5. The molecule has 16 aromatic carbocycles. The minimum Gasteiger partial charge on any atom is -0.0587 e. The van der Waals surface area contributed by atoms with E-state index in [1.165, 1.54) is 220 Å². The number of aryl methyl sites for hydroxylation is 6. The van der Waals surface area contributed by atoms with Crippen molar-refractivity contribution in [2.45, 2.75) is 41.5 Å². The molecular weight excluding hydrogens is 1010 g/mol. The first-order valence-electron chi connectivity index (χ1n) is 29.8. The quantitative estimate of drug-likeness (QED) is 0.115. The summed E-state index contributed by atoms with van der Waals surface area (Å²) in [5.74, 6) is 0. The summed E-state index contributed by atoms with van der Waals surface area (Å²) < 4.78 is 0. The molecule has 0 amide bonds. The van der Waals surface area contributed by atoms with Gasteiger partial charge in [-0.25, -0.2) is 0 Å². The van der Waals surface area contributed by atoms with Crippen LogP contribution in [0.25, 0.3) is 187 Å². The Morgan fingerprint density at radius 3 is 0.583 bits per heavy atom. The number of hydrogen-bond acceptors (Lipinski definition) is 0. The van der Waals surface area contributed by atoms with Crippen molar-refractivity contribution in [3.05, 3.63) is 264 Å². The van der Waals surface area contributed by atoms with E-state index >= 15 is 0 Å². The maximum absolute atomic E-state index is 2.50. The van der Waals surface area contributed by atoms with Gasteiger partial charge < -0.3 is 0 Å². The molecule has 0 radical (unpaired) electrons. The van der Waals surface area contributed by atoms with Crippen LogP contribution in [0.3, 0.4) is 0 Å². The van der Waals surface area contributed by atoms with Crippen LogP contribution in [-0.4, -0.2) is 0 Å². The van der Waals surface area contributed by atoms with E-state index in [0.717, 1.165) is 0 Å². The number of benzene rings is 16. The lowest BCUT2D eigenvalue weighted by molar-refractivity contribution is 1.45. The van der Waals surface area contributed by atoms with Crippen molar-refractivity contribution in [3.63, 3.8) is 0 Å². The Hall–Kier alpha value is -10.1. The number of fused-ring (bicyclic) bond motifs is 10. The summed E-state index contributed by atoms with van der Waals surface area (Å²) >= 11 is 0. The molecular formula is C84H56. The number of rotatable bonds is 6. The number of hydrogen-bond donors (Lipinski definition) is 0. The third-order valence-electron chi connectivity index (χ3n) is 19.5. The summed E-state index contributed by atoms with van der Waals surface area (Å²) in [6, 6.07) is 89.7. The molecule has 0 aromatic heterocycles. The van der Waals surface area contributed by atoms with E-state index in [1.54, 1.807) is 0 Å². The molecule has 16 aromatic rings. The molecule has 0 heteroatoms. The van der Waals surface area contributed by atoms with Crippen LogP contribution in [0.1, 0.15) is 33.4 Å². The zero-order chi connectivity index (χ0) is 56.0. The van der Waals surface area contributed by atoms with Crippen molar-refractivity contribution in [2.24, 2.45) is 0 Å². The van der Waals surface area contributed by atoms with E-state index in [4.69, 9.17) is 0 Å². The zero-order valence-electron chi connectivity index (χ0n) is 47.9. The fourth-order valence-electron chi connectivity index (χ4n) is 15.5. The van der Waals surface area contributed by atoms with E-state index in [-0.39, 0.29) is 0 Å². The largest absolute Gasteiger partial charge is 0.0587 e. The second-order valence-electron chi connectivity index (χ2n) is 24.6. The molecule has 2 aliphatic rings. The van der Waals surface area contributed by atoms with E-state index in [1.807, 2.05) is 0 Å². The lowest BCUT2D eigenvalue weighted by Gasteiger charge is -2.21. The van der Waals surface area contributed by atoms with Gasteiger partial charge in [-0.3, -0.25) is 0 Å². The highest BCUT2D eigenvalue weighted by Gasteiger charge is 2.35. The smallest absolute Gasteiger partial charge is 0.000762 e. The average molecular weight is 1070 g/mol. The minimum absolute atomic E-state index is 1.23. The first-order chi connectivity index (χ1) is 41.1. The highest BCUT2D eigenvalue weighted by atomic mass is 14.4. The second-order valence-corrected chi connectivity index (χ2v) is 24.6. The summed E-state index contributed by atoms with van der Waals surface area (Å²) in [6.07, 6.45) is 0. The lowest BCUT2D eigenvalue weighted by Crippen LogP contribution is -1.95. The summed E-state index contributed by atoms with van der Waals surface area (Å²) in [5, 5.41) is 18.6. The SMILES string of the molecule is Cc1ccc(-c2cc(-c3ccc(C)cc3)c3c(c2-c2ccc(C)cc2)-c2ccc4c5ccc6c7ccc8c9c(ccc(c%10ccc(c%11ccc-3c2c%114)c5c%106)c97)-c2c(-c3ccc(C)cc3)cc(-c3ccc(C)cc3)c(-c3ccc(C)cc3)c2-8)cc1. The fourth-order valence-corrected chi connectivity index (χ4v) is 15.5. The van der Waals surface area contributed by atoms with Crippen LogP contribution in [0.5, 0.6) is 0 Å². The second kappa shape index (κ2) is 17.2. The van der Waals surface area contributed by atoms with Gasteiger partial charge in [0.1, 0.15) is 0 Å². The summed E-state index contributed by atoms with van der Waals surface area (Å²) in [4.78, 5) is 0. The van der Waals surface area contributed by atoms with Gasteiger partial charge in [-0.15, -0.1) is 0 Å². The molecule has 0 nitrogen and oxygen atoms in total. The van der Waals surface area contributed by atoms with Gasteiger partial charge in [0.05, 0.1) is 0 Å². The molecule has 0 saturated carbocycles. The van der Waals surface area contributed by atoms with Gasteiger partial charge in [0.15, 0.2) is 0 Å². The summed E-state index contributed by atoms with van der Waals surface area (Å²) in [6.45, 7) is 13.1. The van der Waals surface area contributed by atoms with E-state index in [0.29, 0.717) is 0 Å². The molecule has 0 saturated heterocycles. The van der Waals surface area contributed by atoms with Crippen LogP contribution < -0.4 is 0 Å². The summed E-state index contributed by atoms with van der Waals surface area (Å²) in [5.41, 5.74) is 33.2. The van der Waals surface area contributed by atoms with Gasteiger partial charge in [-0.05, 0) is 240 Å². The molecule has 0 unspecified atom stereocenters. The molecule has 0 aliphatic heterocycles. The van der Waals surface area contributed by atoms with E-state index < -0.39 is 0 Å². The zero-order valence-corrected chi connectivity index (χ0v) is 47.9. The van der Waals surface area contributed by atoms with Crippen molar-refractivity contribution in [1.29, 1.82) is 0 Å². The Bertz CT molecular complexity index is 5080. The molecule has 0 fully saturated rings. The van der Waals surface area contributed by atoms with E-state index in [9.17, 15) is 0 Å². The Kier molecular flexibility index (Phi) is 9.73. The average Bonchev–Trinajstić information content (AvgIpc) is 1.44. The Labute approximate surface area is 489 Å². The van der Waals surface area contributed by atoms with Crippen LogP contribution in [0.15, 0.2) is 231 Å². The first kappa shape index (κ1) is 47.5. The van der Waals surface area contributed by atoms with Gasteiger partial charge in [-0.2, -0.15) is 0 Å². The maximum Gasteiger partial charge on any atom is -0.000762 e. The summed E-state index contributed by atoms with van der Waals surface area (Å²) in [7, 11) is 0. The molecule has 18 rings (SSSR count). The van der Waals surface area contributed by atoms with Crippen molar-refractivity contribution >= 4 is 75.4 Å². The monoisotopic (exact) mass is 1060 g/mol. The topological polar surface area (TPSA) is 0 Å². The molecule has 2 aliphatic carbocycles. The minimum atomic E-state index is 1.23. The van der Waals surface area contributed by atoms with Gasteiger partial charge in [0.25, 0.3) is 0 Å². The normalized spacial score (nSPS) is 12.4. The molecule has 392 valence electrons. The molecule has 84 heavy (non-hydrogen) atoms. The molecule has 0 heterocycles. The molecule has 0 bridgehead atoms. The van der Waals surface area contributed by atoms with Crippen LogP contribution in [0.2, 0.25) is 0 Å². The molecule has 0 spiro atoms. The van der Waals surface area contributed by atoms with Crippen LogP contribution >= 0.6 is 0 Å². The van der Waals surface area contributed by atoms with Crippen LogP contribution in [0.4, 0.5) is 0 Å². The Morgan fingerprint density at radius 1 is 0.143 bits per heavy atom. The standard InChI is InChI=1S/C84H56/c1-45-7-19-51(20-8-45)69-43-71(53-23-11-47(3)12-24-53)81-65-39-35-61-57-31-32-58-62-36-40-66-80-68(84-74(56-29-17-50(6)18-30-56)70(52-21-9-46(2)10-22-52)44-72(82(66)84)54-25-13-48(4)14-26-54)42-38-64(78(62)80)60-34-33-59(75(57)76(58)60)63-37-41-67(79(65)77(61)63)83(81)73(69)55-27-15-49(5)16-28-55/h7-44H,1-6H3. The van der Waals surface area contributed by atoms with Gasteiger partial charge in [0, 0.05) is 0 Å². The van der Waals surface area contributed by atoms with Crippen LogP contribution in [0, 0.1) is 41.5 Å².